The first-order valence-corrected chi connectivity index (χ1v) is 3.99. The van der Waals surface area contributed by atoms with Crippen molar-refractivity contribution in [3.8, 4) is 12.3 Å². The molecule has 1 atom stereocenters. The van der Waals surface area contributed by atoms with Crippen molar-refractivity contribution < 1.29 is 0 Å². The van der Waals surface area contributed by atoms with E-state index in [-0.39, 0.29) is 5.50 Å². The number of aliphatic imine (C=N–C) groups is 1. The number of terminal acetylenes is 1. The van der Waals surface area contributed by atoms with Gasteiger partial charge in [-0.3, -0.25) is 0 Å². The van der Waals surface area contributed by atoms with E-state index >= 15 is 0 Å². The summed E-state index contributed by atoms with van der Waals surface area (Å²) in [5, 5.41) is 0. The van der Waals surface area contributed by atoms with Crippen LogP contribution in [0.5, 0.6) is 0 Å². The number of hydrazine groups is 1. The van der Waals surface area contributed by atoms with Crippen LogP contribution in [0.15, 0.2) is 4.99 Å². The van der Waals surface area contributed by atoms with Crippen molar-refractivity contribution in [3.63, 3.8) is 0 Å². The van der Waals surface area contributed by atoms with E-state index in [1.54, 1.807) is 11.8 Å². The fraction of sp³-hybridized carbons (Fsp3) is 0.500. The Bertz CT molecular complexity index is 182. The molecule has 0 fully saturated rings. The van der Waals surface area contributed by atoms with Gasteiger partial charge in [-0.25, -0.2) is 10.4 Å². The Balaban J connectivity index is 2.26. The summed E-state index contributed by atoms with van der Waals surface area (Å²) in [6, 6.07) is 0. The van der Waals surface area contributed by atoms with E-state index in [0.717, 1.165) is 5.84 Å². The van der Waals surface area contributed by atoms with E-state index in [4.69, 9.17) is 6.42 Å². The fourth-order valence-corrected chi connectivity index (χ4v) is 1.24. The molecule has 1 aliphatic rings. The first-order valence-electron chi connectivity index (χ1n) is 2.94. The summed E-state index contributed by atoms with van der Waals surface area (Å²) < 4.78 is 0. The highest BCUT2D eigenvalue weighted by Gasteiger charge is 2.11. The number of nitrogens with one attached hydrogen (secondary N) is 2. The fourth-order valence-electron chi connectivity index (χ4n) is 0.613. The third kappa shape index (κ3) is 1.94. The van der Waals surface area contributed by atoms with Gasteiger partial charge in [-0.05, 0) is 6.92 Å². The lowest BCUT2D eigenvalue weighted by Crippen LogP contribution is -2.32. The molecule has 2 N–H and O–H groups in total. The number of hydrogen-bond acceptors (Lipinski definition) is 4. The molecule has 1 rings (SSSR count). The lowest BCUT2D eigenvalue weighted by molar-refractivity contribution is 0.688. The van der Waals surface area contributed by atoms with Crippen LogP contribution in [0.1, 0.15) is 6.92 Å². The minimum atomic E-state index is 0.0936. The summed E-state index contributed by atoms with van der Waals surface area (Å²) in [5.41, 5.74) is 5.94. The van der Waals surface area contributed by atoms with Crippen molar-refractivity contribution in [2.24, 2.45) is 4.99 Å². The van der Waals surface area contributed by atoms with Crippen LogP contribution < -0.4 is 10.9 Å². The summed E-state index contributed by atoms with van der Waals surface area (Å²) in [4.78, 5) is 4.19. The Morgan fingerprint density at radius 3 is 3.20 bits per heavy atom. The molecule has 0 aromatic carbocycles. The molecule has 0 saturated heterocycles. The lowest BCUT2D eigenvalue weighted by Gasteiger charge is -2.02. The molecule has 0 spiro atoms. The quantitative estimate of drug-likeness (QED) is 0.558. The molecule has 0 saturated carbocycles. The summed E-state index contributed by atoms with van der Waals surface area (Å²) in [6.45, 7) is 1.91. The van der Waals surface area contributed by atoms with E-state index in [1.807, 2.05) is 6.92 Å². The molecule has 10 heavy (non-hydrogen) atoms. The first-order chi connectivity index (χ1) is 4.83. The second kappa shape index (κ2) is 3.49. The highest BCUT2D eigenvalue weighted by atomic mass is 32.2. The maximum absolute atomic E-state index is 5.07. The van der Waals surface area contributed by atoms with Gasteiger partial charge < -0.3 is 5.43 Å². The van der Waals surface area contributed by atoms with Crippen LogP contribution in [0.2, 0.25) is 0 Å². The number of amidine groups is 1. The van der Waals surface area contributed by atoms with E-state index in [9.17, 15) is 0 Å². The standard InChI is InChI=1S/C6H9N3S/c1-3-4-10-6-7-5(2)8-9-6/h1,6,9H,4H2,2H3,(H,7,8). The molecule has 0 aliphatic carbocycles. The third-order valence-corrected chi connectivity index (χ3v) is 1.88. The maximum atomic E-state index is 5.07. The Labute approximate surface area is 64.6 Å². The van der Waals surface area contributed by atoms with Gasteiger partial charge in [0, 0.05) is 0 Å². The van der Waals surface area contributed by atoms with E-state index in [1.165, 1.54) is 0 Å². The van der Waals surface area contributed by atoms with Crippen LogP contribution in [0, 0.1) is 12.3 Å². The second-order valence-corrected chi connectivity index (χ2v) is 2.92. The number of hydrogen-bond donors (Lipinski definition) is 2. The molecule has 0 amide bonds. The van der Waals surface area contributed by atoms with Crippen molar-refractivity contribution in [2.45, 2.75) is 12.4 Å². The molecule has 0 radical (unpaired) electrons. The normalized spacial score (nSPS) is 23.2. The summed E-state index contributed by atoms with van der Waals surface area (Å²) in [6.07, 6.45) is 5.07. The first kappa shape index (κ1) is 7.45. The van der Waals surface area contributed by atoms with E-state index in [0.29, 0.717) is 5.75 Å². The van der Waals surface area contributed by atoms with Gasteiger partial charge in [-0.1, -0.05) is 5.92 Å². The van der Waals surface area contributed by atoms with E-state index < -0.39 is 0 Å². The monoisotopic (exact) mass is 155 g/mol. The van der Waals surface area contributed by atoms with Gasteiger partial charge in [0.2, 0.25) is 0 Å². The average molecular weight is 155 g/mol. The Kier molecular flexibility index (Phi) is 2.60. The SMILES string of the molecule is C#CCSC1N=C(C)NN1. The molecular formula is C6H9N3S. The highest BCUT2D eigenvalue weighted by molar-refractivity contribution is 8.00. The molecule has 1 aliphatic heterocycles. The van der Waals surface area contributed by atoms with Crippen LogP contribution in [0.25, 0.3) is 0 Å². The predicted molar refractivity (Wildman–Crippen MR) is 44.5 cm³/mol. The summed E-state index contributed by atoms with van der Waals surface area (Å²) in [5.74, 6) is 4.14. The minimum absolute atomic E-state index is 0.0936. The van der Waals surface area contributed by atoms with E-state index in [2.05, 4.69) is 21.8 Å². The molecule has 54 valence electrons. The van der Waals surface area contributed by atoms with Crippen molar-refractivity contribution in [3.05, 3.63) is 0 Å². The molecule has 0 aromatic rings. The molecule has 4 heteroatoms. The number of thioether (sulfide) groups is 1. The predicted octanol–water partition coefficient (Wildman–Crippen LogP) is 0.163. The number of nitrogens with zero attached hydrogens (tertiary/aromatic N) is 1. The van der Waals surface area contributed by atoms with Gasteiger partial charge in [-0.15, -0.1) is 18.2 Å². The molecular weight excluding hydrogens is 146 g/mol. The molecule has 1 unspecified atom stereocenters. The average Bonchev–Trinajstić information content (AvgIpc) is 2.31. The molecule has 1 heterocycles. The molecule has 0 aromatic heterocycles. The van der Waals surface area contributed by atoms with Crippen LogP contribution in [0.3, 0.4) is 0 Å². The zero-order chi connectivity index (χ0) is 7.40. The zero-order valence-electron chi connectivity index (χ0n) is 5.72. The molecule has 0 bridgehead atoms. The van der Waals surface area contributed by atoms with Crippen LogP contribution in [0.4, 0.5) is 0 Å². The maximum Gasteiger partial charge on any atom is 0.166 e. The van der Waals surface area contributed by atoms with Gasteiger partial charge in [0.25, 0.3) is 0 Å². The van der Waals surface area contributed by atoms with Crippen LogP contribution >= 0.6 is 11.8 Å². The van der Waals surface area contributed by atoms with Crippen molar-refractivity contribution in [1.29, 1.82) is 0 Å². The second-order valence-electron chi connectivity index (χ2n) is 1.85. The van der Waals surface area contributed by atoms with Crippen molar-refractivity contribution in [1.82, 2.24) is 10.9 Å². The minimum Gasteiger partial charge on any atom is -0.307 e. The molecule has 3 nitrogen and oxygen atoms in total. The summed E-state index contributed by atoms with van der Waals surface area (Å²) in [7, 11) is 0. The Morgan fingerprint density at radius 1 is 1.90 bits per heavy atom. The van der Waals surface area contributed by atoms with Crippen molar-refractivity contribution in [2.75, 3.05) is 5.75 Å². The van der Waals surface area contributed by atoms with Gasteiger partial charge in [0.1, 0.15) is 5.84 Å². The largest absolute Gasteiger partial charge is 0.307 e. The van der Waals surface area contributed by atoms with Gasteiger partial charge in [0.15, 0.2) is 5.50 Å². The van der Waals surface area contributed by atoms with Gasteiger partial charge in [0.05, 0.1) is 5.75 Å². The Morgan fingerprint density at radius 2 is 2.70 bits per heavy atom. The van der Waals surface area contributed by atoms with Gasteiger partial charge >= 0.3 is 0 Å². The lowest BCUT2D eigenvalue weighted by atomic mass is 10.7. The Hall–Kier alpha value is -0.660. The number of rotatable bonds is 2. The smallest absolute Gasteiger partial charge is 0.166 e. The van der Waals surface area contributed by atoms with Crippen LogP contribution in [-0.4, -0.2) is 17.1 Å². The third-order valence-electron chi connectivity index (χ3n) is 1.01. The topological polar surface area (TPSA) is 36.4 Å². The summed E-state index contributed by atoms with van der Waals surface area (Å²) >= 11 is 1.59. The zero-order valence-corrected chi connectivity index (χ0v) is 6.53. The van der Waals surface area contributed by atoms with Crippen LogP contribution in [-0.2, 0) is 0 Å². The highest BCUT2D eigenvalue weighted by Crippen LogP contribution is 2.10. The van der Waals surface area contributed by atoms with Gasteiger partial charge in [-0.2, -0.15) is 0 Å². The van der Waals surface area contributed by atoms with Crippen molar-refractivity contribution >= 4 is 17.6 Å².